The summed E-state index contributed by atoms with van der Waals surface area (Å²) in [4.78, 5) is 32.3. The fourth-order valence-electron chi connectivity index (χ4n) is 0.848. The maximum absolute atomic E-state index is 11.3. The summed E-state index contributed by atoms with van der Waals surface area (Å²) in [6, 6.07) is -1.36. The molecule has 8 heteroatoms. The van der Waals surface area contributed by atoms with Crippen molar-refractivity contribution in [2.24, 2.45) is 0 Å². The van der Waals surface area contributed by atoms with E-state index in [9.17, 15) is 14.4 Å². The van der Waals surface area contributed by atoms with Crippen LogP contribution in [-0.4, -0.2) is 45.6 Å². The first-order valence-corrected chi connectivity index (χ1v) is 7.44. The molecule has 0 radical (unpaired) electrons. The molecule has 1 unspecified atom stereocenters. The molecular weight excluding hydrogens is 266 g/mol. The SMILES string of the molecule is CCCSSCC(=O)NC(CC(=O)O)C(=O)O. The van der Waals surface area contributed by atoms with Gasteiger partial charge in [-0.25, -0.2) is 4.79 Å². The number of hydrogen-bond acceptors (Lipinski definition) is 5. The van der Waals surface area contributed by atoms with Crippen molar-refractivity contribution in [2.75, 3.05) is 11.5 Å². The molecule has 0 aromatic carbocycles. The Hall–Kier alpha value is -0.890. The van der Waals surface area contributed by atoms with Crippen LogP contribution < -0.4 is 5.32 Å². The molecule has 0 heterocycles. The van der Waals surface area contributed by atoms with Gasteiger partial charge in [0, 0.05) is 5.75 Å². The zero-order chi connectivity index (χ0) is 13.3. The van der Waals surface area contributed by atoms with E-state index < -0.39 is 30.3 Å². The molecule has 1 atom stereocenters. The van der Waals surface area contributed by atoms with Crippen LogP contribution in [0.25, 0.3) is 0 Å². The third-order valence-corrected chi connectivity index (χ3v) is 4.05. The van der Waals surface area contributed by atoms with E-state index in [1.54, 1.807) is 0 Å². The standard InChI is InChI=1S/C9H15NO5S2/c1-2-3-16-17-5-7(11)10-6(9(14)15)4-8(12)13/h6H,2-5H2,1H3,(H,10,11)(H,12,13)(H,14,15). The minimum Gasteiger partial charge on any atom is -0.481 e. The Balaban J connectivity index is 3.96. The lowest BCUT2D eigenvalue weighted by molar-refractivity contribution is -0.147. The van der Waals surface area contributed by atoms with E-state index in [1.807, 2.05) is 6.92 Å². The maximum Gasteiger partial charge on any atom is 0.326 e. The summed E-state index contributed by atoms with van der Waals surface area (Å²) in [5, 5.41) is 19.3. The maximum atomic E-state index is 11.3. The summed E-state index contributed by atoms with van der Waals surface area (Å²) in [6.07, 6.45) is 0.379. The number of hydrogen-bond donors (Lipinski definition) is 3. The highest BCUT2D eigenvalue weighted by molar-refractivity contribution is 8.76. The highest BCUT2D eigenvalue weighted by Gasteiger charge is 2.22. The van der Waals surface area contributed by atoms with Gasteiger partial charge in [0.1, 0.15) is 6.04 Å². The summed E-state index contributed by atoms with van der Waals surface area (Å²) >= 11 is 0. The minimum atomic E-state index is -1.36. The van der Waals surface area contributed by atoms with Gasteiger partial charge in [-0.15, -0.1) is 0 Å². The van der Waals surface area contributed by atoms with Gasteiger partial charge in [-0.05, 0) is 6.42 Å². The second-order valence-electron chi connectivity index (χ2n) is 3.14. The van der Waals surface area contributed by atoms with Crippen molar-refractivity contribution in [3.8, 4) is 0 Å². The van der Waals surface area contributed by atoms with Crippen LogP contribution in [0.4, 0.5) is 0 Å². The number of carboxylic acids is 2. The molecular formula is C9H15NO5S2. The summed E-state index contributed by atoms with van der Waals surface area (Å²) in [7, 11) is 2.85. The van der Waals surface area contributed by atoms with Crippen molar-refractivity contribution in [3.05, 3.63) is 0 Å². The van der Waals surface area contributed by atoms with Gasteiger partial charge >= 0.3 is 11.9 Å². The topological polar surface area (TPSA) is 104 Å². The normalized spacial score (nSPS) is 11.8. The number of carbonyl (C=O) groups is 3. The van der Waals surface area contributed by atoms with Crippen LogP contribution >= 0.6 is 21.6 Å². The Morgan fingerprint density at radius 1 is 1.24 bits per heavy atom. The third kappa shape index (κ3) is 8.87. The summed E-state index contributed by atoms with van der Waals surface area (Å²) in [5.41, 5.74) is 0. The first-order chi connectivity index (χ1) is 7.97. The smallest absolute Gasteiger partial charge is 0.326 e. The van der Waals surface area contributed by atoms with E-state index >= 15 is 0 Å². The Morgan fingerprint density at radius 2 is 1.88 bits per heavy atom. The largest absolute Gasteiger partial charge is 0.481 e. The predicted octanol–water partition coefficient (Wildman–Crippen LogP) is 0.822. The van der Waals surface area contributed by atoms with Crippen molar-refractivity contribution >= 4 is 39.4 Å². The number of carbonyl (C=O) groups excluding carboxylic acids is 1. The van der Waals surface area contributed by atoms with Gasteiger partial charge in [-0.1, -0.05) is 28.5 Å². The Morgan fingerprint density at radius 3 is 2.35 bits per heavy atom. The molecule has 0 aromatic heterocycles. The monoisotopic (exact) mass is 281 g/mol. The fraction of sp³-hybridized carbons (Fsp3) is 0.667. The van der Waals surface area contributed by atoms with Gasteiger partial charge < -0.3 is 15.5 Å². The molecule has 0 saturated heterocycles. The van der Waals surface area contributed by atoms with Gasteiger partial charge in [0.2, 0.25) is 5.91 Å². The van der Waals surface area contributed by atoms with Gasteiger partial charge in [-0.2, -0.15) is 0 Å². The molecule has 17 heavy (non-hydrogen) atoms. The first kappa shape index (κ1) is 16.1. The van der Waals surface area contributed by atoms with Gasteiger partial charge in [0.15, 0.2) is 0 Å². The molecule has 6 nitrogen and oxygen atoms in total. The summed E-state index contributed by atoms with van der Waals surface area (Å²) < 4.78 is 0. The molecule has 0 aliphatic rings. The minimum absolute atomic E-state index is 0.119. The van der Waals surface area contributed by atoms with Crippen molar-refractivity contribution in [3.63, 3.8) is 0 Å². The third-order valence-electron chi connectivity index (χ3n) is 1.57. The molecule has 3 N–H and O–H groups in total. The number of carboxylic acid groups (broad SMARTS) is 2. The van der Waals surface area contributed by atoms with Crippen LogP contribution in [-0.2, 0) is 14.4 Å². The Labute approximate surface area is 107 Å². The predicted molar refractivity (Wildman–Crippen MR) is 67.0 cm³/mol. The van der Waals surface area contributed by atoms with E-state index in [0.717, 1.165) is 12.2 Å². The fourth-order valence-corrected chi connectivity index (χ4v) is 2.83. The molecule has 0 rings (SSSR count). The van der Waals surface area contributed by atoms with Crippen LogP contribution in [0.3, 0.4) is 0 Å². The summed E-state index contributed by atoms with van der Waals surface area (Å²) in [5.74, 6) is -2.03. The second kappa shape index (κ2) is 9.17. The van der Waals surface area contributed by atoms with E-state index in [0.29, 0.717) is 0 Å². The first-order valence-electron chi connectivity index (χ1n) is 4.95. The second-order valence-corrected chi connectivity index (χ2v) is 5.72. The van der Waals surface area contributed by atoms with E-state index in [1.165, 1.54) is 21.6 Å². The average molecular weight is 281 g/mol. The van der Waals surface area contributed by atoms with Crippen molar-refractivity contribution in [1.82, 2.24) is 5.32 Å². The quantitative estimate of drug-likeness (QED) is 0.424. The molecule has 0 aliphatic heterocycles. The van der Waals surface area contributed by atoms with Crippen molar-refractivity contribution in [1.29, 1.82) is 0 Å². The van der Waals surface area contributed by atoms with Crippen LogP contribution in [0, 0.1) is 0 Å². The Bertz CT molecular complexity index is 285. The lowest BCUT2D eigenvalue weighted by Crippen LogP contribution is -2.42. The highest BCUT2D eigenvalue weighted by atomic mass is 33.1. The van der Waals surface area contributed by atoms with Crippen LogP contribution in [0.1, 0.15) is 19.8 Å². The number of amides is 1. The van der Waals surface area contributed by atoms with Crippen molar-refractivity contribution in [2.45, 2.75) is 25.8 Å². The zero-order valence-electron chi connectivity index (χ0n) is 9.34. The van der Waals surface area contributed by atoms with Gasteiger partial charge in [0.05, 0.1) is 12.2 Å². The van der Waals surface area contributed by atoms with E-state index in [4.69, 9.17) is 10.2 Å². The van der Waals surface area contributed by atoms with Gasteiger partial charge in [0.25, 0.3) is 0 Å². The molecule has 0 spiro atoms. The molecule has 0 aromatic rings. The summed E-state index contributed by atoms with van der Waals surface area (Å²) in [6.45, 7) is 2.01. The lowest BCUT2D eigenvalue weighted by Gasteiger charge is -2.11. The van der Waals surface area contributed by atoms with Crippen LogP contribution in [0.2, 0.25) is 0 Å². The van der Waals surface area contributed by atoms with Crippen LogP contribution in [0.15, 0.2) is 0 Å². The molecule has 0 bridgehead atoms. The molecule has 0 fully saturated rings. The van der Waals surface area contributed by atoms with Gasteiger partial charge in [-0.3, -0.25) is 9.59 Å². The molecule has 98 valence electrons. The van der Waals surface area contributed by atoms with E-state index in [2.05, 4.69) is 5.32 Å². The Kier molecular flexibility index (Phi) is 8.69. The number of nitrogens with one attached hydrogen (secondary N) is 1. The highest BCUT2D eigenvalue weighted by Crippen LogP contribution is 2.21. The van der Waals surface area contributed by atoms with Crippen LogP contribution in [0.5, 0.6) is 0 Å². The number of aliphatic carboxylic acids is 2. The zero-order valence-corrected chi connectivity index (χ0v) is 11.0. The molecule has 1 amide bonds. The molecule has 0 saturated carbocycles. The average Bonchev–Trinajstić information content (AvgIpc) is 2.22. The van der Waals surface area contributed by atoms with E-state index in [-0.39, 0.29) is 5.75 Å². The number of rotatable bonds is 9. The lowest BCUT2D eigenvalue weighted by atomic mass is 10.2. The molecule has 0 aliphatic carbocycles. The van der Waals surface area contributed by atoms with Crippen molar-refractivity contribution < 1.29 is 24.6 Å².